The number of hydrogen-bond acceptors (Lipinski definition) is 6. The van der Waals surface area contributed by atoms with Gasteiger partial charge in [-0.15, -0.1) is 0 Å². The summed E-state index contributed by atoms with van der Waals surface area (Å²) in [6.45, 7) is 4.93. The van der Waals surface area contributed by atoms with Crippen molar-refractivity contribution in [2.75, 3.05) is 26.3 Å². The van der Waals surface area contributed by atoms with E-state index in [1.165, 1.54) is 0 Å². The van der Waals surface area contributed by atoms with Crippen LogP contribution in [0.5, 0.6) is 0 Å². The maximum atomic E-state index is 12.2. The summed E-state index contributed by atoms with van der Waals surface area (Å²) in [5.74, 6) is -0.506. The second kappa shape index (κ2) is 10.5. The number of nitrogens with one attached hydrogen (secondary N) is 2. The molecule has 1 aliphatic rings. The van der Waals surface area contributed by atoms with Gasteiger partial charge in [0.2, 0.25) is 5.91 Å². The minimum absolute atomic E-state index is 0.0448. The number of aromatic nitrogens is 1. The van der Waals surface area contributed by atoms with E-state index >= 15 is 0 Å². The summed E-state index contributed by atoms with van der Waals surface area (Å²) in [7, 11) is 0. The van der Waals surface area contributed by atoms with Gasteiger partial charge in [0.1, 0.15) is 6.04 Å². The van der Waals surface area contributed by atoms with Crippen molar-refractivity contribution >= 4 is 17.0 Å². The van der Waals surface area contributed by atoms with Crippen LogP contribution < -0.4 is 16.4 Å². The monoisotopic (exact) mass is 448 g/mol. The average molecular weight is 449 g/mol. The highest BCUT2D eigenvalue weighted by molar-refractivity contribution is 5.81. The first-order chi connectivity index (χ1) is 16.1. The molecule has 2 aromatic carbocycles. The van der Waals surface area contributed by atoms with Gasteiger partial charge in [0.15, 0.2) is 5.58 Å². The third kappa shape index (κ3) is 5.33. The van der Waals surface area contributed by atoms with E-state index in [0.29, 0.717) is 44.9 Å². The van der Waals surface area contributed by atoms with Gasteiger partial charge in [-0.05, 0) is 35.2 Å². The van der Waals surface area contributed by atoms with Gasteiger partial charge in [0.25, 0.3) is 0 Å². The van der Waals surface area contributed by atoms with Crippen LogP contribution in [0.1, 0.15) is 18.9 Å². The Labute approximate surface area is 192 Å². The van der Waals surface area contributed by atoms with E-state index in [4.69, 9.17) is 9.15 Å². The zero-order valence-electron chi connectivity index (χ0n) is 18.7. The van der Waals surface area contributed by atoms with E-state index in [9.17, 15) is 14.9 Å². The first kappa shape index (κ1) is 22.8. The molecule has 3 aromatic rings. The Morgan fingerprint density at radius 3 is 2.67 bits per heavy atom. The molecular weight excluding hydrogens is 420 g/mol. The number of nitriles is 1. The molecule has 8 heteroatoms. The van der Waals surface area contributed by atoms with E-state index in [0.717, 1.165) is 28.6 Å². The van der Waals surface area contributed by atoms with E-state index < -0.39 is 6.04 Å². The predicted molar refractivity (Wildman–Crippen MR) is 125 cm³/mol. The third-order valence-corrected chi connectivity index (χ3v) is 5.83. The van der Waals surface area contributed by atoms with Crippen LogP contribution >= 0.6 is 0 Å². The quantitative estimate of drug-likeness (QED) is 0.461. The molecule has 8 nitrogen and oxygen atoms in total. The number of benzene rings is 2. The molecule has 0 spiro atoms. The van der Waals surface area contributed by atoms with Crippen molar-refractivity contribution < 1.29 is 13.9 Å². The number of fused-ring (bicyclic) bond motifs is 1. The molecule has 2 N–H and O–H groups in total. The topological polar surface area (TPSA) is 109 Å². The zero-order chi connectivity index (χ0) is 23.2. The highest BCUT2D eigenvalue weighted by Crippen LogP contribution is 2.25. The van der Waals surface area contributed by atoms with Crippen molar-refractivity contribution in [3.8, 4) is 17.2 Å². The van der Waals surface area contributed by atoms with Crippen LogP contribution in [0.3, 0.4) is 0 Å². The van der Waals surface area contributed by atoms with Crippen LogP contribution in [0.4, 0.5) is 0 Å². The first-order valence-corrected chi connectivity index (χ1v) is 11.3. The van der Waals surface area contributed by atoms with Crippen molar-refractivity contribution in [3.63, 3.8) is 0 Å². The van der Waals surface area contributed by atoms with Gasteiger partial charge < -0.3 is 19.8 Å². The SMILES string of the molecule is CCCOCCn1c(=O)oc2ccc(-c3ccc(C[C@@H](C#N)NC(=O)C4CNC4)cc3)cc21. The van der Waals surface area contributed by atoms with Gasteiger partial charge in [0.05, 0.1) is 30.7 Å². The molecule has 1 saturated heterocycles. The minimum Gasteiger partial charge on any atom is -0.408 e. The minimum atomic E-state index is -0.560. The molecule has 172 valence electrons. The lowest BCUT2D eigenvalue weighted by Gasteiger charge is -2.26. The summed E-state index contributed by atoms with van der Waals surface area (Å²) in [5.41, 5.74) is 4.19. The van der Waals surface area contributed by atoms with Crippen molar-refractivity contribution in [2.45, 2.75) is 32.4 Å². The Hall–Kier alpha value is -3.41. The van der Waals surface area contributed by atoms with Gasteiger partial charge in [-0.2, -0.15) is 5.26 Å². The summed E-state index contributed by atoms with van der Waals surface area (Å²) in [6.07, 6.45) is 1.38. The lowest BCUT2D eigenvalue weighted by molar-refractivity contribution is -0.126. The highest BCUT2D eigenvalue weighted by Gasteiger charge is 2.26. The number of ether oxygens (including phenoxy) is 1. The Morgan fingerprint density at radius 2 is 2.00 bits per heavy atom. The lowest BCUT2D eigenvalue weighted by atomic mass is 9.99. The summed E-state index contributed by atoms with van der Waals surface area (Å²) in [4.78, 5) is 24.4. The molecule has 1 fully saturated rings. The summed E-state index contributed by atoms with van der Waals surface area (Å²) in [6, 6.07) is 15.2. The number of oxazole rings is 1. The molecule has 33 heavy (non-hydrogen) atoms. The molecule has 1 aromatic heterocycles. The molecule has 2 heterocycles. The van der Waals surface area contributed by atoms with Crippen molar-refractivity contribution in [1.82, 2.24) is 15.2 Å². The van der Waals surface area contributed by atoms with Gasteiger partial charge >= 0.3 is 5.76 Å². The fourth-order valence-electron chi connectivity index (χ4n) is 3.82. The summed E-state index contributed by atoms with van der Waals surface area (Å²) < 4.78 is 12.5. The van der Waals surface area contributed by atoms with Crippen molar-refractivity contribution in [2.24, 2.45) is 5.92 Å². The molecule has 1 atom stereocenters. The van der Waals surface area contributed by atoms with Crippen LogP contribution in [-0.4, -0.2) is 42.8 Å². The normalized spacial score (nSPS) is 14.5. The van der Waals surface area contributed by atoms with Crippen LogP contribution in [0.15, 0.2) is 51.7 Å². The fraction of sp³-hybridized carbons (Fsp3) is 0.400. The summed E-state index contributed by atoms with van der Waals surface area (Å²) >= 11 is 0. The van der Waals surface area contributed by atoms with Crippen LogP contribution in [0.2, 0.25) is 0 Å². The molecule has 0 radical (unpaired) electrons. The maximum Gasteiger partial charge on any atom is 0.420 e. The lowest BCUT2D eigenvalue weighted by Crippen LogP contribution is -2.52. The number of nitrogens with zero attached hydrogens (tertiary/aromatic N) is 2. The number of amides is 1. The first-order valence-electron chi connectivity index (χ1n) is 11.3. The summed E-state index contributed by atoms with van der Waals surface area (Å²) in [5, 5.41) is 15.3. The Bertz CT molecular complexity index is 1200. The Morgan fingerprint density at radius 1 is 1.24 bits per heavy atom. The average Bonchev–Trinajstić information content (AvgIpc) is 3.09. The fourth-order valence-corrected chi connectivity index (χ4v) is 3.82. The predicted octanol–water partition coefficient (Wildman–Crippen LogP) is 2.46. The second-order valence-electron chi connectivity index (χ2n) is 8.26. The van der Waals surface area contributed by atoms with Crippen molar-refractivity contribution in [3.05, 3.63) is 58.6 Å². The van der Waals surface area contributed by atoms with Gasteiger partial charge in [-0.1, -0.05) is 37.3 Å². The molecular formula is C25H28N4O4. The van der Waals surface area contributed by atoms with Crippen molar-refractivity contribution in [1.29, 1.82) is 5.26 Å². The molecule has 0 bridgehead atoms. The van der Waals surface area contributed by atoms with E-state index in [1.807, 2.05) is 43.3 Å². The molecule has 0 saturated carbocycles. The van der Waals surface area contributed by atoms with E-state index in [1.54, 1.807) is 10.6 Å². The van der Waals surface area contributed by atoms with E-state index in [-0.39, 0.29) is 17.6 Å². The number of rotatable bonds is 10. The molecule has 4 rings (SSSR count). The second-order valence-corrected chi connectivity index (χ2v) is 8.26. The third-order valence-electron chi connectivity index (χ3n) is 5.83. The highest BCUT2D eigenvalue weighted by atomic mass is 16.5. The van der Waals surface area contributed by atoms with Gasteiger partial charge in [0, 0.05) is 26.1 Å². The van der Waals surface area contributed by atoms with E-state index in [2.05, 4.69) is 16.7 Å². The van der Waals surface area contributed by atoms with Gasteiger partial charge in [-0.25, -0.2) is 4.79 Å². The number of hydrogen-bond donors (Lipinski definition) is 2. The van der Waals surface area contributed by atoms with Crippen LogP contribution in [0.25, 0.3) is 22.2 Å². The molecule has 1 amide bonds. The van der Waals surface area contributed by atoms with Gasteiger partial charge in [-0.3, -0.25) is 9.36 Å². The zero-order valence-corrected chi connectivity index (χ0v) is 18.7. The molecule has 0 aliphatic carbocycles. The number of carbonyl (C=O) groups is 1. The van der Waals surface area contributed by atoms with Crippen LogP contribution in [0, 0.1) is 17.2 Å². The Kier molecular flexibility index (Phi) is 7.23. The smallest absolute Gasteiger partial charge is 0.408 e. The van der Waals surface area contributed by atoms with Crippen LogP contribution in [-0.2, 0) is 22.5 Å². The largest absolute Gasteiger partial charge is 0.420 e. The standard InChI is InChI=1S/C25H28N4O4/c1-2-10-32-11-9-29-22-13-19(7-8-23(22)33-25(29)31)18-5-3-17(4-6-18)12-21(14-26)28-24(30)20-15-27-16-20/h3-8,13,20-21,27H,2,9-12,15-16H2,1H3,(H,28,30)/t21-/m0/s1. The number of carbonyl (C=O) groups excluding carboxylic acids is 1. The molecule has 1 aliphatic heterocycles. The molecule has 0 unspecified atom stereocenters. The maximum absolute atomic E-state index is 12.2. The Balaban J connectivity index is 1.46.